The lowest BCUT2D eigenvalue weighted by atomic mass is 10.2. The summed E-state index contributed by atoms with van der Waals surface area (Å²) in [6.45, 7) is 4.96. The molecule has 0 saturated carbocycles. The number of rotatable bonds is 12. The molecule has 0 saturated heterocycles. The van der Waals surface area contributed by atoms with Crippen LogP contribution in [0.1, 0.15) is 18.9 Å². The summed E-state index contributed by atoms with van der Waals surface area (Å²) in [5.41, 5.74) is 2.32. The van der Waals surface area contributed by atoms with E-state index < -0.39 is 0 Å². The van der Waals surface area contributed by atoms with Crippen molar-refractivity contribution in [3.63, 3.8) is 0 Å². The maximum Gasteiger partial charge on any atom is 0.169 e. The zero-order valence-electron chi connectivity index (χ0n) is 14.0. The van der Waals surface area contributed by atoms with E-state index in [1.807, 2.05) is 59.4 Å². The number of nitrogens with zero attached hydrogens (tertiary/aromatic N) is 2. The van der Waals surface area contributed by atoms with Gasteiger partial charge in [0.25, 0.3) is 0 Å². The van der Waals surface area contributed by atoms with Crippen molar-refractivity contribution >= 4 is 34.0 Å². The molecule has 0 atom stereocenters. The van der Waals surface area contributed by atoms with Crippen LogP contribution in [-0.2, 0) is 6.54 Å². The second kappa shape index (κ2) is 13.3. The Bertz CT molecular complexity index is 498. The fourth-order valence-electron chi connectivity index (χ4n) is 1.83. The molecule has 0 aliphatic heterocycles. The van der Waals surface area contributed by atoms with Gasteiger partial charge in [0.1, 0.15) is 0 Å². The summed E-state index contributed by atoms with van der Waals surface area (Å²) in [5.74, 6) is 2.12. The SMILES string of the molecule is CC/C(=C\C=NCCSSCC[n+]1ccc(C=N)cc1)CNC. The van der Waals surface area contributed by atoms with Crippen LogP contribution >= 0.6 is 21.6 Å². The van der Waals surface area contributed by atoms with Crippen molar-refractivity contribution in [2.75, 3.05) is 31.6 Å². The van der Waals surface area contributed by atoms with E-state index in [0.717, 1.165) is 43.1 Å². The number of nitrogens with one attached hydrogen (secondary N) is 2. The molecule has 1 aromatic heterocycles. The first-order valence-corrected chi connectivity index (χ1v) is 10.4. The minimum absolute atomic E-state index is 0.867. The first-order valence-electron chi connectivity index (χ1n) is 7.86. The van der Waals surface area contributed by atoms with Gasteiger partial charge in [0, 0.05) is 49.0 Å². The monoisotopic (exact) mass is 351 g/mol. The Morgan fingerprint density at radius 1 is 1.30 bits per heavy atom. The highest BCUT2D eigenvalue weighted by Gasteiger charge is 2.00. The van der Waals surface area contributed by atoms with Gasteiger partial charge in [0.15, 0.2) is 18.9 Å². The number of hydrogen-bond acceptors (Lipinski definition) is 5. The number of aryl methyl sites for hydroxylation is 1. The predicted molar refractivity (Wildman–Crippen MR) is 105 cm³/mol. The van der Waals surface area contributed by atoms with Crippen molar-refractivity contribution in [1.29, 1.82) is 5.41 Å². The van der Waals surface area contributed by atoms with Crippen molar-refractivity contribution < 1.29 is 4.57 Å². The third-order valence-corrected chi connectivity index (χ3v) is 5.54. The highest BCUT2D eigenvalue weighted by atomic mass is 33.1. The maximum atomic E-state index is 7.17. The average molecular weight is 352 g/mol. The fraction of sp³-hybridized carbons (Fsp3) is 0.471. The molecule has 0 radical (unpaired) electrons. The second-order valence-electron chi connectivity index (χ2n) is 4.92. The quantitative estimate of drug-likeness (QED) is 0.263. The Morgan fingerprint density at radius 2 is 2.04 bits per heavy atom. The zero-order valence-corrected chi connectivity index (χ0v) is 15.6. The highest BCUT2D eigenvalue weighted by molar-refractivity contribution is 8.76. The van der Waals surface area contributed by atoms with Crippen molar-refractivity contribution in [2.45, 2.75) is 19.9 Å². The van der Waals surface area contributed by atoms with Gasteiger partial charge >= 0.3 is 0 Å². The van der Waals surface area contributed by atoms with Crippen LogP contribution in [0.4, 0.5) is 0 Å². The molecule has 0 unspecified atom stereocenters. The topological polar surface area (TPSA) is 52.1 Å². The normalized spacial score (nSPS) is 12.0. The van der Waals surface area contributed by atoms with Crippen molar-refractivity contribution in [3.05, 3.63) is 41.7 Å². The van der Waals surface area contributed by atoms with Crippen LogP contribution < -0.4 is 9.88 Å². The van der Waals surface area contributed by atoms with Gasteiger partial charge in [0.2, 0.25) is 0 Å². The zero-order chi connectivity index (χ0) is 16.8. The van der Waals surface area contributed by atoms with Crippen molar-refractivity contribution in [2.24, 2.45) is 4.99 Å². The minimum atomic E-state index is 0.867. The molecule has 0 aliphatic rings. The third-order valence-electron chi connectivity index (χ3n) is 3.18. The van der Waals surface area contributed by atoms with Crippen LogP contribution in [0.25, 0.3) is 0 Å². The molecule has 1 rings (SSSR count). The molecule has 126 valence electrons. The van der Waals surface area contributed by atoms with E-state index in [-0.39, 0.29) is 0 Å². The molecular weight excluding hydrogens is 324 g/mol. The van der Waals surface area contributed by atoms with E-state index in [2.05, 4.69) is 27.9 Å². The highest BCUT2D eigenvalue weighted by Crippen LogP contribution is 2.19. The van der Waals surface area contributed by atoms with Crippen molar-refractivity contribution in [1.82, 2.24) is 5.32 Å². The standard InChI is InChI=1S/C17H27N4S2/c1-3-16(15-19-2)4-7-20-8-12-22-23-13-11-21-9-5-17(14-18)6-10-21/h4-7,9-10,14,18-19H,3,8,11-13,15H2,1-2H3/q+1/b16-4+,18-14?,20-7?. The number of allylic oxidation sites excluding steroid dienone is 1. The molecule has 6 heteroatoms. The Balaban J connectivity index is 2.07. The average Bonchev–Trinajstić information content (AvgIpc) is 2.59. The van der Waals surface area contributed by atoms with E-state index in [1.165, 1.54) is 11.8 Å². The molecule has 0 aromatic carbocycles. The summed E-state index contributed by atoms with van der Waals surface area (Å²) < 4.78 is 2.15. The lowest BCUT2D eigenvalue weighted by Crippen LogP contribution is -2.33. The molecule has 2 N–H and O–H groups in total. The molecule has 0 amide bonds. The molecule has 4 nitrogen and oxygen atoms in total. The van der Waals surface area contributed by atoms with Crippen LogP contribution in [0.2, 0.25) is 0 Å². The molecule has 1 heterocycles. The van der Waals surface area contributed by atoms with Crippen molar-refractivity contribution in [3.8, 4) is 0 Å². The number of hydrogen-bond donors (Lipinski definition) is 2. The minimum Gasteiger partial charge on any atom is -0.316 e. The van der Waals surface area contributed by atoms with Gasteiger partial charge < -0.3 is 10.7 Å². The molecule has 23 heavy (non-hydrogen) atoms. The molecule has 0 fully saturated rings. The summed E-state index contributed by atoms with van der Waals surface area (Å²) >= 11 is 0. The van der Waals surface area contributed by atoms with E-state index >= 15 is 0 Å². The fourth-order valence-corrected chi connectivity index (χ4v) is 3.68. The first-order chi connectivity index (χ1) is 11.3. The van der Waals surface area contributed by atoms with Gasteiger partial charge in [0.05, 0.1) is 5.75 Å². The largest absolute Gasteiger partial charge is 0.316 e. The van der Waals surface area contributed by atoms with Gasteiger partial charge in [-0.2, -0.15) is 0 Å². The molecule has 0 aliphatic carbocycles. The second-order valence-corrected chi connectivity index (χ2v) is 7.62. The van der Waals surface area contributed by atoms with E-state index in [1.54, 1.807) is 0 Å². The van der Waals surface area contributed by atoms with E-state index in [4.69, 9.17) is 5.41 Å². The van der Waals surface area contributed by atoms with Crippen LogP contribution in [0.5, 0.6) is 0 Å². The van der Waals surface area contributed by atoms with Crippen LogP contribution in [0, 0.1) is 5.41 Å². The molecular formula is C17H27N4S2+. The Kier molecular flexibility index (Phi) is 11.6. The van der Waals surface area contributed by atoms with Crippen LogP contribution in [0.3, 0.4) is 0 Å². The van der Waals surface area contributed by atoms with E-state index in [0.29, 0.717) is 0 Å². The number of likely N-dealkylation sites (N-methyl/N-ethyl adjacent to an activating group) is 1. The van der Waals surface area contributed by atoms with Gasteiger partial charge in [-0.15, -0.1) is 0 Å². The van der Waals surface area contributed by atoms with Gasteiger partial charge in [-0.25, -0.2) is 4.57 Å². The third kappa shape index (κ3) is 9.58. The summed E-state index contributed by atoms with van der Waals surface area (Å²) in [5, 5.41) is 10.3. The summed E-state index contributed by atoms with van der Waals surface area (Å²) in [7, 11) is 5.73. The first kappa shape index (κ1) is 19.9. The van der Waals surface area contributed by atoms with Crippen LogP contribution in [0.15, 0.2) is 41.2 Å². The Hall–Kier alpha value is -1.11. The summed E-state index contributed by atoms with van der Waals surface area (Å²) in [6.07, 6.45) is 10.5. The lowest BCUT2D eigenvalue weighted by molar-refractivity contribution is -0.692. The number of aliphatic imine (C=N–C) groups is 1. The Labute approximate surface area is 147 Å². The number of aromatic nitrogens is 1. The lowest BCUT2D eigenvalue weighted by Gasteiger charge is -2.00. The summed E-state index contributed by atoms with van der Waals surface area (Å²) in [6, 6.07) is 3.93. The van der Waals surface area contributed by atoms with Gasteiger partial charge in [-0.1, -0.05) is 34.1 Å². The summed E-state index contributed by atoms with van der Waals surface area (Å²) in [4.78, 5) is 4.43. The number of pyridine rings is 1. The maximum absolute atomic E-state index is 7.17. The van der Waals surface area contributed by atoms with E-state index in [9.17, 15) is 0 Å². The Morgan fingerprint density at radius 3 is 2.70 bits per heavy atom. The van der Waals surface area contributed by atoms with Crippen LogP contribution in [-0.4, -0.2) is 44.1 Å². The molecule has 0 bridgehead atoms. The molecule has 1 aromatic rings. The predicted octanol–water partition coefficient (Wildman–Crippen LogP) is 2.98. The molecule has 0 spiro atoms. The van der Waals surface area contributed by atoms with Gasteiger partial charge in [-0.05, 0) is 19.5 Å². The van der Waals surface area contributed by atoms with Gasteiger partial charge in [-0.3, -0.25) is 4.99 Å². The smallest absolute Gasteiger partial charge is 0.169 e.